The predicted octanol–water partition coefficient (Wildman–Crippen LogP) is 7.09. The number of aromatic nitrogens is 1. The van der Waals surface area contributed by atoms with Crippen LogP contribution < -0.4 is 0 Å². The van der Waals surface area contributed by atoms with Crippen molar-refractivity contribution in [3.05, 3.63) is 90.6 Å². The molecule has 0 N–H and O–H groups in total. The second-order valence-electron chi connectivity index (χ2n) is 6.53. The van der Waals surface area contributed by atoms with Gasteiger partial charge in [-0.3, -0.25) is 4.98 Å². The average Bonchev–Trinajstić information content (AvgIpc) is 3.09. The summed E-state index contributed by atoms with van der Waals surface area (Å²) in [6.45, 7) is 2.19. The summed E-state index contributed by atoms with van der Waals surface area (Å²) in [5.41, 5.74) is 5.99. The second kappa shape index (κ2) is 6.08. The van der Waals surface area contributed by atoms with Crippen molar-refractivity contribution in [2.45, 2.75) is 6.92 Å². The first-order valence-corrected chi connectivity index (χ1v) is 9.55. The normalized spacial score (nSPS) is 11.3. The Balaban J connectivity index is 1.75. The van der Waals surface area contributed by atoms with Crippen molar-refractivity contribution in [2.24, 2.45) is 0 Å². The molecule has 0 spiro atoms. The van der Waals surface area contributed by atoms with Gasteiger partial charge in [0.2, 0.25) is 0 Å². The molecule has 2 aromatic heterocycles. The van der Waals surface area contributed by atoms with Gasteiger partial charge >= 0.3 is 0 Å². The molecule has 0 unspecified atom stereocenters. The quantitative estimate of drug-likeness (QED) is 0.331. The molecule has 0 saturated heterocycles. The third-order valence-electron chi connectivity index (χ3n) is 4.86. The van der Waals surface area contributed by atoms with E-state index in [1.54, 1.807) is 0 Å². The highest BCUT2D eigenvalue weighted by atomic mass is 32.1. The Kier molecular flexibility index (Phi) is 3.58. The molecule has 2 heteroatoms. The molecule has 124 valence electrons. The topological polar surface area (TPSA) is 12.9 Å². The number of thiophene rings is 1. The highest BCUT2D eigenvalue weighted by Gasteiger charge is 2.12. The lowest BCUT2D eigenvalue weighted by molar-refractivity contribution is 1.33. The van der Waals surface area contributed by atoms with Crippen LogP contribution in [-0.4, -0.2) is 4.98 Å². The Labute approximate surface area is 156 Å². The smallest absolute Gasteiger partial charge is 0.0722 e. The van der Waals surface area contributed by atoms with E-state index in [1.807, 2.05) is 23.6 Å². The molecule has 3 aromatic carbocycles. The number of rotatable bonds is 2. The standard InChI is InChI=1S/C24H17NS/c1-16-7-5-10-19-20-11-6-12-21(24(20)26-23(16)19)22-15-18(13-14-25-22)17-8-3-2-4-9-17/h2-15H,1H3. The lowest BCUT2D eigenvalue weighted by Crippen LogP contribution is -1.85. The number of benzene rings is 3. The SMILES string of the molecule is Cc1cccc2c1sc1c(-c3cc(-c4ccccc4)ccn3)cccc12. The van der Waals surface area contributed by atoms with Crippen molar-refractivity contribution < 1.29 is 0 Å². The van der Waals surface area contributed by atoms with Gasteiger partial charge in [-0.15, -0.1) is 11.3 Å². The molecule has 0 radical (unpaired) electrons. The summed E-state index contributed by atoms with van der Waals surface area (Å²) in [6.07, 6.45) is 1.91. The zero-order valence-electron chi connectivity index (χ0n) is 14.4. The number of hydrogen-bond donors (Lipinski definition) is 0. The van der Waals surface area contributed by atoms with E-state index < -0.39 is 0 Å². The lowest BCUT2D eigenvalue weighted by Gasteiger charge is -2.06. The third-order valence-corrected chi connectivity index (χ3v) is 6.25. The summed E-state index contributed by atoms with van der Waals surface area (Å²) < 4.78 is 2.68. The van der Waals surface area contributed by atoms with Gasteiger partial charge in [0, 0.05) is 31.9 Å². The molecule has 0 amide bonds. The number of nitrogens with zero attached hydrogens (tertiary/aromatic N) is 1. The van der Waals surface area contributed by atoms with Crippen molar-refractivity contribution in [3.63, 3.8) is 0 Å². The first-order chi connectivity index (χ1) is 12.8. The van der Waals surface area contributed by atoms with E-state index in [-0.39, 0.29) is 0 Å². The maximum absolute atomic E-state index is 4.68. The molecule has 26 heavy (non-hydrogen) atoms. The summed E-state index contributed by atoms with van der Waals surface area (Å²) in [5.74, 6) is 0. The zero-order valence-corrected chi connectivity index (χ0v) is 15.3. The van der Waals surface area contributed by atoms with Crippen molar-refractivity contribution in [1.82, 2.24) is 4.98 Å². The zero-order chi connectivity index (χ0) is 17.5. The minimum Gasteiger partial charge on any atom is -0.256 e. The molecule has 0 atom stereocenters. The van der Waals surface area contributed by atoms with Crippen LogP contribution in [0.3, 0.4) is 0 Å². The van der Waals surface area contributed by atoms with Gasteiger partial charge in [0.25, 0.3) is 0 Å². The molecule has 0 aliphatic carbocycles. The van der Waals surface area contributed by atoms with Gasteiger partial charge in [-0.05, 0) is 35.7 Å². The van der Waals surface area contributed by atoms with E-state index in [9.17, 15) is 0 Å². The lowest BCUT2D eigenvalue weighted by atomic mass is 10.0. The van der Waals surface area contributed by atoms with Crippen molar-refractivity contribution >= 4 is 31.5 Å². The van der Waals surface area contributed by atoms with Crippen LogP contribution >= 0.6 is 11.3 Å². The summed E-state index contributed by atoms with van der Waals surface area (Å²) in [7, 11) is 0. The second-order valence-corrected chi connectivity index (χ2v) is 7.55. The maximum Gasteiger partial charge on any atom is 0.0722 e. The van der Waals surface area contributed by atoms with Gasteiger partial charge in [-0.2, -0.15) is 0 Å². The van der Waals surface area contributed by atoms with Gasteiger partial charge in [0.1, 0.15) is 0 Å². The molecule has 5 rings (SSSR count). The van der Waals surface area contributed by atoms with E-state index in [1.165, 1.54) is 42.4 Å². The monoisotopic (exact) mass is 351 g/mol. The van der Waals surface area contributed by atoms with Crippen molar-refractivity contribution in [1.29, 1.82) is 0 Å². The van der Waals surface area contributed by atoms with Crippen LogP contribution in [0.15, 0.2) is 85.1 Å². The fourth-order valence-corrected chi connectivity index (χ4v) is 4.84. The minimum absolute atomic E-state index is 1.03. The van der Waals surface area contributed by atoms with Crippen LogP contribution in [0.25, 0.3) is 42.6 Å². The van der Waals surface area contributed by atoms with Crippen LogP contribution in [0.2, 0.25) is 0 Å². The molecule has 5 aromatic rings. The van der Waals surface area contributed by atoms with Gasteiger partial charge in [-0.25, -0.2) is 0 Å². The minimum atomic E-state index is 1.03. The Morgan fingerprint density at radius 2 is 1.46 bits per heavy atom. The van der Waals surface area contributed by atoms with Crippen LogP contribution in [0.4, 0.5) is 0 Å². The largest absolute Gasteiger partial charge is 0.256 e. The van der Waals surface area contributed by atoms with Crippen molar-refractivity contribution in [3.8, 4) is 22.4 Å². The Bertz CT molecular complexity index is 1240. The first-order valence-electron chi connectivity index (χ1n) is 8.74. The Morgan fingerprint density at radius 3 is 2.31 bits per heavy atom. The molecular formula is C24H17NS. The fourth-order valence-electron chi connectivity index (χ4n) is 3.55. The van der Waals surface area contributed by atoms with Crippen LogP contribution in [0.1, 0.15) is 5.56 Å². The molecule has 0 fully saturated rings. The Morgan fingerprint density at radius 1 is 0.692 bits per heavy atom. The summed E-state index contributed by atoms with van der Waals surface area (Å²) in [5, 5.41) is 2.66. The summed E-state index contributed by atoms with van der Waals surface area (Å²) in [4.78, 5) is 4.68. The van der Waals surface area contributed by atoms with E-state index in [0.29, 0.717) is 0 Å². The van der Waals surface area contributed by atoms with E-state index >= 15 is 0 Å². The van der Waals surface area contributed by atoms with Crippen LogP contribution in [-0.2, 0) is 0 Å². The van der Waals surface area contributed by atoms with Gasteiger partial charge < -0.3 is 0 Å². The highest BCUT2D eigenvalue weighted by molar-refractivity contribution is 7.26. The average molecular weight is 351 g/mol. The molecule has 0 saturated carbocycles. The van der Waals surface area contributed by atoms with Gasteiger partial charge in [-0.1, -0.05) is 66.7 Å². The number of pyridine rings is 1. The number of hydrogen-bond acceptors (Lipinski definition) is 2. The number of aryl methyl sites for hydroxylation is 1. The first kappa shape index (κ1) is 15.3. The molecule has 0 aliphatic rings. The maximum atomic E-state index is 4.68. The van der Waals surface area contributed by atoms with E-state index in [0.717, 1.165) is 5.69 Å². The van der Waals surface area contributed by atoms with Gasteiger partial charge in [0.05, 0.1) is 5.69 Å². The molecule has 1 nitrogen and oxygen atoms in total. The van der Waals surface area contributed by atoms with Crippen LogP contribution in [0, 0.1) is 6.92 Å². The van der Waals surface area contributed by atoms with Crippen molar-refractivity contribution in [2.75, 3.05) is 0 Å². The molecular weight excluding hydrogens is 334 g/mol. The number of fused-ring (bicyclic) bond motifs is 3. The van der Waals surface area contributed by atoms with Gasteiger partial charge in [0.15, 0.2) is 0 Å². The fraction of sp³-hybridized carbons (Fsp3) is 0.0417. The van der Waals surface area contributed by atoms with Crippen LogP contribution in [0.5, 0.6) is 0 Å². The molecule has 0 bridgehead atoms. The van der Waals surface area contributed by atoms with E-state index in [2.05, 4.69) is 84.7 Å². The van der Waals surface area contributed by atoms with E-state index in [4.69, 9.17) is 0 Å². The Hall–Kier alpha value is -2.97. The summed E-state index contributed by atoms with van der Waals surface area (Å²) in [6, 6.07) is 27.8. The third kappa shape index (κ3) is 2.42. The summed E-state index contributed by atoms with van der Waals surface area (Å²) >= 11 is 1.87. The predicted molar refractivity (Wildman–Crippen MR) is 113 cm³/mol. The molecule has 0 aliphatic heterocycles. The highest BCUT2D eigenvalue weighted by Crippen LogP contribution is 2.40. The molecule has 2 heterocycles.